The molecular weight excluding hydrogens is 1110 g/mol. The monoisotopic (exact) mass is 1270 g/mol. The quantitative estimate of drug-likeness (QED) is 0.0152. The molecule has 0 aromatic heterocycles. The molecule has 0 aromatic rings. The number of halogens is 2. The molecule has 0 radical (unpaired) electrons. The highest BCUT2D eigenvalue weighted by Crippen LogP contribution is 2.21. The van der Waals surface area contributed by atoms with Crippen LogP contribution in [0.2, 0.25) is 0 Å². The smallest absolute Gasteiger partial charge is 0.154 e. The summed E-state index contributed by atoms with van der Waals surface area (Å²) in [6, 6.07) is 1.58. The van der Waals surface area contributed by atoms with Gasteiger partial charge >= 0.3 is 0 Å². The highest BCUT2D eigenvalue weighted by Gasteiger charge is 2.20. The summed E-state index contributed by atoms with van der Waals surface area (Å²) in [7, 11) is -0.382. The molecule has 0 aromatic carbocycles. The zero-order valence-electron chi connectivity index (χ0n) is 59.2. The summed E-state index contributed by atoms with van der Waals surface area (Å²) >= 11 is 12.8. The van der Waals surface area contributed by atoms with Crippen LogP contribution in [0.5, 0.6) is 0 Å². The van der Waals surface area contributed by atoms with Gasteiger partial charge in [0.15, 0.2) is 12.0 Å². The molecule has 0 aliphatic heterocycles. The van der Waals surface area contributed by atoms with E-state index >= 15 is 0 Å². The highest BCUT2D eigenvalue weighted by atomic mass is 35.5. The Labute approximate surface area is 547 Å². The van der Waals surface area contributed by atoms with Crippen LogP contribution in [0.4, 0.5) is 0 Å². The van der Waals surface area contributed by atoms with Gasteiger partial charge in [-0.1, -0.05) is 410 Å². The number of quaternary nitrogens is 2. The summed E-state index contributed by atoms with van der Waals surface area (Å²) in [6.45, 7) is 14.3. The molecule has 0 atom stereocenters. The van der Waals surface area contributed by atoms with Crippen LogP contribution in [0.3, 0.4) is 0 Å². The normalized spacial score (nSPS) is 12.0. The van der Waals surface area contributed by atoms with Gasteiger partial charge in [-0.3, -0.25) is 8.42 Å². The lowest BCUT2D eigenvalue weighted by Crippen LogP contribution is -2.44. The summed E-state index contributed by atoms with van der Waals surface area (Å²) in [5, 5.41) is 0. The third-order valence-corrected chi connectivity index (χ3v) is 19.9. The Balaban J connectivity index is -0.00000146. The number of hydrogen-bond donors (Lipinski definition) is 0. The third-order valence-electron chi connectivity index (χ3n) is 18.8. The summed E-state index contributed by atoms with van der Waals surface area (Å²) in [4.78, 5) is 0. The van der Waals surface area contributed by atoms with E-state index in [1.54, 1.807) is 0 Å². The molecule has 0 saturated heterocycles. The van der Waals surface area contributed by atoms with Gasteiger partial charge in [0.25, 0.3) is 0 Å². The van der Waals surface area contributed by atoms with Crippen LogP contribution in [0.1, 0.15) is 439 Å². The topological polar surface area (TPSA) is 80.3 Å². The van der Waals surface area contributed by atoms with Gasteiger partial charge in [-0.15, -0.1) is 0 Å². The van der Waals surface area contributed by atoms with Gasteiger partial charge in [0.2, 0.25) is 0 Å². The summed E-state index contributed by atoms with van der Waals surface area (Å²) in [5.74, 6) is 0. The van der Waals surface area contributed by atoms with Gasteiger partial charge in [0.05, 0.1) is 40.3 Å². The number of alkyl halides is 2. The van der Waals surface area contributed by atoms with Crippen LogP contribution in [0.25, 0.3) is 0 Å². The van der Waals surface area contributed by atoms with E-state index in [1.165, 1.54) is 437 Å². The molecule has 0 fully saturated rings. The van der Waals surface area contributed by atoms with Crippen molar-refractivity contribution >= 4 is 33.6 Å². The summed E-state index contributed by atoms with van der Waals surface area (Å²) in [5.41, 5.74) is 0. The number of nitrogens with zero attached hydrogens (tertiary/aromatic N) is 2. The van der Waals surface area contributed by atoms with E-state index < -0.39 is 10.4 Å². The Bertz CT molecular complexity index is 1150. The van der Waals surface area contributed by atoms with E-state index in [2.05, 4.69) is 41.8 Å². The zero-order valence-corrected chi connectivity index (χ0v) is 61.5. The van der Waals surface area contributed by atoms with E-state index in [9.17, 15) is 0 Å². The second-order valence-electron chi connectivity index (χ2n) is 28.0. The SMILES string of the molecule is CCCCCCCCCCCCCCCCCC[N+](C)(CCl)CCCCCCCCCCCCCCCCCC.CCCCCCCCCCCCCCCCCC[N+](C)(CCl)CCCCCCCCCCCCCCCCCC.O=S(=O)([O-])[O-]. The minimum absolute atomic E-state index is 0.789. The Hall–Kier alpha value is 0.370. The first-order chi connectivity index (χ1) is 41.4. The van der Waals surface area contributed by atoms with Gasteiger partial charge in [0.1, 0.15) is 0 Å². The van der Waals surface area contributed by atoms with E-state index in [0.29, 0.717) is 0 Å². The lowest BCUT2D eigenvalue weighted by Gasteiger charge is -2.32. The molecule has 9 heteroatoms. The Morgan fingerprint density at radius 1 is 0.212 bits per heavy atom. The van der Waals surface area contributed by atoms with Crippen LogP contribution in [-0.4, -0.2) is 78.8 Å². The first-order valence-electron chi connectivity index (χ1n) is 38.8. The minimum atomic E-state index is -5.17. The van der Waals surface area contributed by atoms with Crippen LogP contribution < -0.4 is 0 Å². The molecular formula is C76H158Cl2N2O4S. The molecule has 0 aliphatic carbocycles. The Morgan fingerprint density at radius 3 is 0.376 bits per heavy atom. The maximum atomic E-state index is 8.52. The van der Waals surface area contributed by atoms with E-state index in [-0.39, 0.29) is 0 Å². The molecule has 0 rings (SSSR count). The van der Waals surface area contributed by atoms with Crippen molar-refractivity contribution in [3.8, 4) is 0 Å². The van der Waals surface area contributed by atoms with Gasteiger partial charge in [-0.25, -0.2) is 0 Å². The summed E-state index contributed by atoms with van der Waals surface area (Å²) in [6.07, 6.45) is 92.5. The lowest BCUT2D eigenvalue weighted by molar-refractivity contribution is -0.899. The lowest BCUT2D eigenvalue weighted by atomic mass is 10.0. The molecule has 6 nitrogen and oxygen atoms in total. The van der Waals surface area contributed by atoms with Gasteiger partial charge in [0, 0.05) is 10.4 Å². The van der Waals surface area contributed by atoms with Crippen molar-refractivity contribution in [2.75, 3.05) is 52.3 Å². The van der Waals surface area contributed by atoms with Gasteiger partial charge < -0.3 is 18.1 Å². The number of rotatable bonds is 70. The maximum absolute atomic E-state index is 8.52. The Morgan fingerprint density at radius 2 is 0.294 bits per heavy atom. The average molecular weight is 1270 g/mol. The highest BCUT2D eigenvalue weighted by molar-refractivity contribution is 7.79. The van der Waals surface area contributed by atoms with Crippen molar-refractivity contribution in [1.82, 2.24) is 0 Å². The van der Waals surface area contributed by atoms with Gasteiger partial charge in [-0.2, -0.15) is 0 Å². The molecule has 0 aliphatic rings. The standard InChI is InChI=1S/2C38H79ClN.H2O4S/c2*1-4-6-8-10-12-14-16-18-20-22-24-26-28-30-32-34-36-40(3,38-39)37-35-33-31-29-27-25-23-21-19-17-15-13-11-9-7-5-2;1-5(2,3)4/h2*4-38H2,1-3H3;(H2,1,2,3,4)/q2*+1;/p-2. The van der Waals surface area contributed by atoms with Crippen LogP contribution >= 0.6 is 23.2 Å². The molecule has 0 N–H and O–H groups in total. The fraction of sp³-hybridized carbons (Fsp3) is 1.00. The predicted molar refractivity (Wildman–Crippen MR) is 382 cm³/mol. The van der Waals surface area contributed by atoms with E-state index in [0.717, 1.165) is 21.0 Å². The fourth-order valence-electron chi connectivity index (χ4n) is 12.6. The van der Waals surface area contributed by atoms with Crippen LogP contribution in [0.15, 0.2) is 0 Å². The largest absolute Gasteiger partial charge is 0.759 e. The maximum Gasteiger partial charge on any atom is 0.154 e. The molecule has 0 heterocycles. The molecule has 516 valence electrons. The van der Waals surface area contributed by atoms with Gasteiger partial charge in [-0.05, 0) is 51.4 Å². The summed E-state index contributed by atoms with van der Waals surface area (Å²) < 4.78 is 36.2. The van der Waals surface area contributed by atoms with Crippen molar-refractivity contribution < 1.29 is 26.5 Å². The van der Waals surface area contributed by atoms with Crippen molar-refractivity contribution in [3.05, 3.63) is 0 Å². The van der Waals surface area contributed by atoms with Crippen LogP contribution in [-0.2, 0) is 10.4 Å². The first kappa shape index (κ1) is 89.6. The second kappa shape index (κ2) is 75.1. The van der Waals surface area contributed by atoms with Crippen molar-refractivity contribution in [2.45, 2.75) is 439 Å². The average Bonchev–Trinajstić information content (AvgIpc) is 3.60. The molecule has 0 amide bonds. The second-order valence-corrected chi connectivity index (χ2v) is 29.3. The van der Waals surface area contributed by atoms with Crippen LogP contribution in [0, 0.1) is 0 Å². The predicted octanol–water partition coefficient (Wildman–Crippen LogP) is 27.0. The van der Waals surface area contributed by atoms with Crippen molar-refractivity contribution in [3.63, 3.8) is 0 Å². The first-order valence-corrected chi connectivity index (χ1v) is 41.2. The number of unbranched alkanes of at least 4 members (excludes halogenated alkanes) is 60. The van der Waals surface area contributed by atoms with Crippen molar-refractivity contribution in [1.29, 1.82) is 0 Å². The molecule has 0 bridgehead atoms. The minimum Gasteiger partial charge on any atom is -0.759 e. The fourth-order valence-corrected chi connectivity index (χ4v) is 13.1. The van der Waals surface area contributed by atoms with Crippen molar-refractivity contribution in [2.24, 2.45) is 0 Å². The Kier molecular flexibility index (Phi) is 79.1. The number of hydrogen-bond acceptors (Lipinski definition) is 4. The molecule has 0 spiro atoms. The third kappa shape index (κ3) is 84.4. The van der Waals surface area contributed by atoms with E-state index in [1.807, 2.05) is 0 Å². The molecule has 0 saturated carbocycles. The van der Waals surface area contributed by atoms with E-state index in [4.69, 9.17) is 40.7 Å². The molecule has 85 heavy (non-hydrogen) atoms. The molecule has 0 unspecified atom stereocenters. The zero-order chi connectivity index (χ0) is 63.0.